The number of carbonyl (C=O) groups is 2. The van der Waals surface area contributed by atoms with Crippen molar-refractivity contribution in [2.75, 3.05) is 37.9 Å². The molecule has 2 amide bonds. The highest BCUT2D eigenvalue weighted by atomic mass is 16.5. The number of hydrogen-bond donors (Lipinski definition) is 3. The van der Waals surface area contributed by atoms with Gasteiger partial charge in [0.2, 0.25) is 0 Å². The molecule has 3 rings (SSSR count). The van der Waals surface area contributed by atoms with E-state index in [2.05, 4.69) is 16.0 Å². The Kier molecular flexibility index (Phi) is 6.28. The standard InChI is InChI=1S/C21H25N3O4/c1-27-18-9-7-16(8-10-18)23-19(25)15-3-5-17(6-4-15)24-20(26)21(28-2)11-13-22-14-12-21/h3-10,22H,11-14H2,1-2H3,(H,23,25)(H,24,26). The largest absolute Gasteiger partial charge is 0.497 e. The molecular weight excluding hydrogens is 358 g/mol. The van der Waals surface area contributed by atoms with Gasteiger partial charge in [-0.15, -0.1) is 0 Å². The minimum Gasteiger partial charge on any atom is -0.497 e. The lowest BCUT2D eigenvalue weighted by molar-refractivity contribution is -0.140. The van der Waals surface area contributed by atoms with Crippen molar-refractivity contribution < 1.29 is 19.1 Å². The SMILES string of the molecule is COc1ccc(NC(=O)c2ccc(NC(=O)C3(OC)CCNCC3)cc2)cc1. The molecule has 1 aliphatic rings. The first-order valence-corrected chi connectivity index (χ1v) is 9.19. The van der Waals surface area contributed by atoms with Crippen molar-refractivity contribution >= 4 is 23.2 Å². The van der Waals surface area contributed by atoms with Gasteiger partial charge in [-0.1, -0.05) is 0 Å². The van der Waals surface area contributed by atoms with E-state index < -0.39 is 5.60 Å². The Labute approximate surface area is 164 Å². The zero-order chi connectivity index (χ0) is 20.0. The number of methoxy groups -OCH3 is 2. The summed E-state index contributed by atoms with van der Waals surface area (Å²) in [6, 6.07) is 13.9. The Morgan fingerprint density at radius 2 is 1.46 bits per heavy atom. The molecule has 7 heteroatoms. The van der Waals surface area contributed by atoms with Gasteiger partial charge in [-0.25, -0.2) is 0 Å². The molecule has 1 fully saturated rings. The van der Waals surface area contributed by atoms with Crippen molar-refractivity contribution in [1.82, 2.24) is 5.32 Å². The van der Waals surface area contributed by atoms with E-state index in [0.29, 0.717) is 29.8 Å². The fourth-order valence-corrected chi connectivity index (χ4v) is 3.18. The number of hydrogen-bond acceptors (Lipinski definition) is 5. The quantitative estimate of drug-likeness (QED) is 0.714. The summed E-state index contributed by atoms with van der Waals surface area (Å²) in [7, 11) is 3.16. The maximum Gasteiger partial charge on any atom is 0.256 e. The molecule has 0 atom stereocenters. The van der Waals surface area contributed by atoms with E-state index in [1.165, 1.54) is 0 Å². The molecule has 0 radical (unpaired) electrons. The van der Waals surface area contributed by atoms with Crippen LogP contribution in [0.5, 0.6) is 5.75 Å². The predicted molar refractivity (Wildman–Crippen MR) is 108 cm³/mol. The van der Waals surface area contributed by atoms with Crippen LogP contribution >= 0.6 is 0 Å². The molecule has 0 unspecified atom stereocenters. The van der Waals surface area contributed by atoms with Gasteiger partial charge in [0.05, 0.1) is 7.11 Å². The number of amides is 2. The summed E-state index contributed by atoms with van der Waals surface area (Å²) in [5.41, 5.74) is 0.990. The molecule has 1 heterocycles. The Balaban J connectivity index is 1.62. The summed E-state index contributed by atoms with van der Waals surface area (Å²) in [4.78, 5) is 25.1. The van der Waals surface area contributed by atoms with Crippen LogP contribution in [0.15, 0.2) is 48.5 Å². The topological polar surface area (TPSA) is 88.7 Å². The van der Waals surface area contributed by atoms with Crippen LogP contribution < -0.4 is 20.7 Å². The average Bonchev–Trinajstić information content (AvgIpc) is 2.75. The van der Waals surface area contributed by atoms with Crippen LogP contribution in [0, 0.1) is 0 Å². The van der Waals surface area contributed by atoms with Crippen molar-refractivity contribution in [3.05, 3.63) is 54.1 Å². The van der Waals surface area contributed by atoms with Gasteiger partial charge in [0.1, 0.15) is 11.4 Å². The summed E-state index contributed by atoms with van der Waals surface area (Å²) in [5, 5.41) is 8.95. The molecule has 0 aromatic heterocycles. The molecule has 28 heavy (non-hydrogen) atoms. The monoisotopic (exact) mass is 383 g/mol. The molecule has 1 saturated heterocycles. The Morgan fingerprint density at radius 3 is 2.04 bits per heavy atom. The van der Waals surface area contributed by atoms with Gasteiger partial charge in [-0.3, -0.25) is 9.59 Å². The van der Waals surface area contributed by atoms with Crippen LogP contribution in [0.1, 0.15) is 23.2 Å². The fourth-order valence-electron chi connectivity index (χ4n) is 3.18. The molecule has 7 nitrogen and oxygen atoms in total. The highest BCUT2D eigenvalue weighted by Crippen LogP contribution is 2.25. The Bertz CT molecular complexity index is 813. The average molecular weight is 383 g/mol. The Hall–Kier alpha value is -2.90. The van der Waals surface area contributed by atoms with Gasteiger partial charge in [-0.2, -0.15) is 0 Å². The molecule has 0 aliphatic carbocycles. The lowest BCUT2D eigenvalue weighted by atomic mass is 9.91. The van der Waals surface area contributed by atoms with Gasteiger partial charge in [0, 0.05) is 24.0 Å². The highest BCUT2D eigenvalue weighted by Gasteiger charge is 2.39. The number of benzene rings is 2. The van der Waals surface area contributed by atoms with Crippen molar-refractivity contribution in [3.63, 3.8) is 0 Å². The van der Waals surface area contributed by atoms with Gasteiger partial charge in [0.15, 0.2) is 0 Å². The zero-order valence-electron chi connectivity index (χ0n) is 16.1. The summed E-state index contributed by atoms with van der Waals surface area (Å²) in [6.45, 7) is 1.48. The maximum absolute atomic E-state index is 12.7. The third-order valence-electron chi connectivity index (χ3n) is 4.97. The summed E-state index contributed by atoms with van der Waals surface area (Å²) in [5.74, 6) is 0.336. The van der Waals surface area contributed by atoms with Crippen molar-refractivity contribution in [1.29, 1.82) is 0 Å². The van der Waals surface area contributed by atoms with Crippen LogP contribution in [0.4, 0.5) is 11.4 Å². The van der Waals surface area contributed by atoms with E-state index in [9.17, 15) is 9.59 Å². The fraction of sp³-hybridized carbons (Fsp3) is 0.333. The van der Waals surface area contributed by atoms with Crippen molar-refractivity contribution in [2.45, 2.75) is 18.4 Å². The first-order valence-electron chi connectivity index (χ1n) is 9.19. The second-order valence-electron chi connectivity index (χ2n) is 6.66. The highest BCUT2D eigenvalue weighted by molar-refractivity contribution is 6.05. The third kappa shape index (κ3) is 4.49. The molecular formula is C21H25N3O4. The molecule has 1 aliphatic heterocycles. The van der Waals surface area contributed by atoms with Crippen LogP contribution in [0.2, 0.25) is 0 Å². The zero-order valence-corrected chi connectivity index (χ0v) is 16.1. The normalized spacial score (nSPS) is 15.5. The van der Waals surface area contributed by atoms with Crippen molar-refractivity contribution in [3.8, 4) is 5.75 Å². The predicted octanol–water partition coefficient (Wildman–Crippen LogP) is 2.65. The molecule has 2 aromatic rings. The number of ether oxygens (including phenoxy) is 2. The lowest BCUT2D eigenvalue weighted by Gasteiger charge is -2.34. The maximum atomic E-state index is 12.7. The van der Waals surface area contributed by atoms with Crippen molar-refractivity contribution in [2.24, 2.45) is 0 Å². The number of piperidine rings is 1. The Morgan fingerprint density at radius 1 is 0.893 bits per heavy atom. The molecule has 3 N–H and O–H groups in total. The van der Waals surface area contributed by atoms with Gasteiger partial charge in [-0.05, 0) is 74.5 Å². The molecule has 0 bridgehead atoms. The van der Waals surface area contributed by atoms with E-state index in [1.807, 2.05) is 0 Å². The number of nitrogens with one attached hydrogen (secondary N) is 3. The number of carbonyl (C=O) groups excluding carboxylic acids is 2. The van der Waals surface area contributed by atoms with E-state index >= 15 is 0 Å². The van der Waals surface area contributed by atoms with Crippen LogP contribution in [0.3, 0.4) is 0 Å². The smallest absolute Gasteiger partial charge is 0.256 e. The van der Waals surface area contributed by atoms with Crippen LogP contribution in [0.25, 0.3) is 0 Å². The first kappa shape index (κ1) is 19.9. The van der Waals surface area contributed by atoms with Crippen LogP contribution in [-0.2, 0) is 9.53 Å². The van der Waals surface area contributed by atoms with Gasteiger partial charge >= 0.3 is 0 Å². The van der Waals surface area contributed by atoms with E-state index in [0.717, 1.165) is 18.8 Å². The summed E-state index contributed by atoms with van der Waals surface area (Å²) in [6.07, 6.45) is 1.25. The van der Waals surface area contributed by atoms with Crippen LogP contribution in [-0.4, -0.2) is 44.7 Å². The summed E-state index contributed by atoms with van der Waals surface area (Å²) >= 11 is 0. The van der Waals surface area contributed by atoms with E-state index in [-0.39, 0.29) is 11.8 Å². The number of rotatable bonds is 6. The van der Waals surface area contributed by atoms with Gasteiger partial charge < -0.3 is 25.4 Å². The van der Waals surface area contributed by atoms with E-state index in [1.54, 1.807) is 62.8 Å². The lowest BCUT2D eigenvalue weighted by Crippen LogP contribution is -2.51. The molecule has 0 saturated carbocycles. The summed E-state index contributed by atoms with van der Waals surface area (Å²) < 4.78 is 10.6. The minimum atomic E-state index is -0.810. The molecule has 2 aromatic carbocycles. The van der Waals surface area contributed by atoms with E-state index in [4.69, 9.17) is 9.47 Å². The second-order valence-corrected chi connectivity index (χ2v) is 6.66. The third-order valence-corrected chi connectivity index (χ3v) is 4.97. The second kappa shape index (κ2) is 8.86. The first-order chi connectivity index (χ1) is 13.6. The molecule has 0 spiro atoms. The minimum absolute atomic E-state index is 0.160. The van der Waals surface area contributed by atoms with Gasteiger partial charge in [0.25, 0.3) is 11.8 Å². The molecule has 148 valence electrons. The number of anilines is 2.